The summed E-state index contributed by atoms with van der Waals surface area (Å²) in [7, 11) is 0. The molecule has 18 heavy (non-hydrogen) atoms. The van der Waals surface area contributed by atoms with Gasteiger partial charge in [0.05, 0.1) is 13.2 Å². The molecule has 2 N–H and O–H groups in total. The molecule has 1 aliphatic rings. The van der Waals surface area contributed by atoms with Gasteiger partial charge in [0.25, 0.3) is 0 Å². The number of hydrogen-bond acceptors (Lipinski definition) is 3. The lowest BCUT2D eigenvalue weighted by molar-refractivity contribution is -0.159. The van der Waals surface area contributed by atoms with E-state index < -0.39 is 12.1 Å². The molecule has 4 nitrogen and oxygen atoms in total. The second kappa shape index (κ2) is 7.10. The highest BCUT2D eigenvalue weighted by molar-refractivity contribution is 5.72. The zero-order valence-electron chi connectivity index (χ0n) is 11.6. The van der Waals surface area contributed by atoms with Gasteiger partial charge in [0.15, 0.2) is 6.10 Å². The SMILES string of the molecule is CC(C)C1CC[C@@H](C)CC1[C@H](OCCO)C(=O)O. The summed E-state index contributed by atoms with van der Waals surface area (Å²) >= 11 is 0. The summed E-state index contributed by atoms with van der Waals surface area (Å²) in [5.41, 5.74) is 0. The molecule has 0 saturated heterocycles. The van der Waals surface area contributed by atoms with Gasteiger partial charge in [-0.3, -0.25) is 0 Å². The molecule has 0 radical (unpaired) electrons. The van der Waals surface area contributed by atoms with Crippen LogP contribution in [0.2, 0.25) is 0 Å². The van der Waals surface area contributed by atoms with Gasteiger partial charge in [-0.2, -0.15) is 0 Å². The minimum absolute atomic E-state index is 0.0674. The van der Waals surface area contributed by atoms with Gasteiger partial charge < -0.3 is 14.9 Å². The maximum Gasteiger partial charge on any atom is 0.333 e. The number of aliphatic hydroxyl groups excluding tert-OH is 1. The Bertz CT molecular complexity index is 265. The van der Waals surface area contributed by atoms with E-state index in [1.165, 1.54) is 6.42 Å². The number of aliphatic hydroxyl groups is 1. The van der Waals surface area contributed by atoms with Crippen LogP contribution in [-0.4, -0.2) is 35.5 Å². The number of carboxylic acids is 1. The normalized spacial score (nSPS) is 30.4. The molecule has 1 aliphatic carbocycles. The molecular formula is C14H26O4. The molecular weight excluding hydrogens is 232 g/mol. The fraction of sp³-hybridized carbons (Fsp3) is 0.929. The largest absolute Gasteiger partial charge is 0.479 e. The van der Waals surface area contributed by atoms with Crippen LogP contribution in [-0.2, 0) is 9.53 Å². The highest BCUT2D eigenvalue weighted by Gasteiger charge is 2.39. The molecule has 1 fully saturated rings. The molecule has 0 aromatic heterocycles. The number of carbonyl (C=O) groups is 1. The van der Waals surface area contributed by atoms with Crippen LogP contribution < -0.4 is 0 Å². The summed E-state index contributed by atoms with van der Waals surface area (Å²) < 4.78 is 5.37. The van der Waals surface area contributed by atoms with Crippen LogP contribution in [0.4, 0.5) is 0 Å². The Balaban J connectivity index is 2.79. The predicted octanol–water partition coefficient (Wildman–Crippen LogP) is 2.16. The van der Waals surface area contributed by atoms with E-state index in [4.69, 9.17) is 9.84 Å². The van der Waals surface area contributed by atoms with Gasteiger partial charge in [0.1, 0.15) is 0 Å². The quantitative estimate of drug-likeness (QED) is 0.766. The van der Waals surface area contributed by atoms with Crippen molar-refractivity contribution < 1.29 is 19.7 Å². The van der Waals surface area contributed by atoms with E-state index in [0.717, 1.165) is 12.8 Å². The first-order valence-electron chi connectivity index (χ1n) is 6.92. The number of hydrogen-bond donors (Lipinski definition) is 2. The Morgan fingerprint density at radius 3 is 2.50 bits per heavy atom. The Kier molecular flexibility index (Phi) is 6.09. The van der Waals surface area contributed by atoms with Crippen LogP contribution in [0.3, 0.4) is 0 Å². The monoisotopic (exact) mass is 258 g/mol. The van der Waals surface area contributed by atoms with Crippen LogP contribution in [0.25, 0.3) is 0 Å². The fourth-order valence-electron chi connectivity index (χ4n) is 3.18. The highest BCUT2D eigenvalue weighted by Crippen LogP contribution is 2.40. The van der Waals surface area contributed by atoms with Crippen molar-refractivity contribution in [2.24, 2.45) is 23.7 Å². The lowest BCUT2D eigenvalue weighted by atomic mass is 9.68. The summed E-state index contributed by atoms with van der Waals surface area (Å²) in [5.74, 6) is 0.610. The van der Waals surface area contributed by atoms with Crippen molar-refractivity contribution in [1.29, 1.82) is 0 Å². The molecule has 2 unspecified atom stereocenters. The van der Waals surface area contributed by atoms with Crippen LogP contribution >= 0.6 is 0 Å². The van der Waals surface area contributed by atoms with E-state index in [1.807, 2.05) is 0 Å². The summed E-state index contributed by atoms with van der Waals surface area (Å²) in [5, 5.41) is 18.1. The lowest BCUT2D eigenvalue weighted by Gasteiger charge is -2.40. The van der Waals surface area contributed by atoms with Crippen molar-refractivity contribution in [3.63, 3.8) is 0 Å². The molecule has 0 amide bonds. The van der Waals surface area contributed by atoms with E-state index in [0.29, 0.717) is 17.8 Å². The highest BCUT2D eigenvalue weighted by atomic mass is 16.5. The number of carboxylic acid groups (broad SMARTS) is 1. The topological polar surface area (TPSA) is 66.8 Å². The minimum Gasteiger partial charge on any atom is -0.479 e. The Morgan fingerprint density at radius 1 is 1.33 bits per heavy atom. The zero-order valence-corrected chi connectivity index (χ0v) is 11.6. The third-order valence-corrected chi connectivity index (χ3v) is 4.09. The molecule has 0 heterocycles. The summed E-state index contributed by atoms with van der Waals surface area (Å²) in [6.45, 7) is 6.46. The molecule has 1 saturated carbocycles. The van der Waals surface area contributed by atoms with Crippen molar-refractivity contribution in [3.05, 3.63) is 0 Å². The lowest BCUT2D eigenvalue weighted by Crippen LogP contribution is -2.42. The average Bonchev–Trinajstić information content (AvgIpc) is 2.28. The third-order valence-electron chi connectivity index (χ3n) is 4.09. The molecule has 0 spiro atoms. The van der Waals surface area contributed by atoms with Gasteiger partial charge in [-0.05, 0) is 36.5 Å². The second-order valence-corrected chi connectivity index (χ2v) is 5.84. The molecule has 4 atom stereocenters. The summed E-state index contributed by atoms with van der Waals surface area (Å²) in [4.78, 5) is 11.4. The van der Waals surface area contributed by atoms with Crippen LogP contribution in [0, 0.1) is 23.7 Å². The van der Waals surface area contributed by atoms with E-state index in [-0.39, 0.29) is 19.1 Å². The van der Waals surface area contributed by atoms with E-state index in [1.54, 1.807) is 0 Å². The predicted molar refractivity (Wildman–Crippen MR) is 69.3 cm³/mol. The molecule has 0 aliphatic heterocycles. The van der Waals surface area contributed by atoms with E-state index in [2.05, 4.69) is 20.8 Å². The first-order valence-corrected chi connectivity index (χ1v) is 6.92. The molecule has 0 aromatic rings. The van der Waals surface area contributed by atoms with Gasteiger partial charge in [-0.1, -0.05) is 27.2 Å². The van der Waals surface area contributed by atoms with Gasteiger partial charge >= 0.3 is 5.97 Å². The van der Waals surface area contributed by atoms with Crippen molar-refractivity contribution >= 4 is 5.97 Å². The molecule has 106 valence electrons. The summed E-state index contributed by atoms with van der Waals surface area (Å²) in [6.07, 6.45) is 2.39. The number of rotatable bonds is 6. The summed E-state index contributed by atoms with van der Waals surface area (Å²) in [6, 6.07) is 0. The maximum atomic E-state index is 11.4. The average molecular weight is 258 g/mol. The standard InChI is InChI=1S/C14H26O4/c1-9(2)11-5-4-10(3)8-12(11)13(14(16)17)18-7-6-15/h9-13,15H,4-8H2,1-3H3,(H,16,17)/t10-,11?,12?,13+/m1/s1. The second-order valence-electron chi connectivity index (χ2n) is 5.84. The Hall–Kier alpha value is -0.610. The van der Waals surface area contributed by atoms with Gasteiger partial charge in [-0.25, -0.2) is 4.79 Å². The number of ether oxygens (including phenoxy) is 1. The Labute approximate surface area is 109 Å². The van der Waals surface area contributed by atoms with Crippen molar-refractivity contribution in [3.8, 4) is 0 Å². The van der Waals surface area contributed by atoms with Gasteiger partial charge in [0.2, 0.25) is 0 Å². The molecule has 0 bridgehead atoms. The molecule has 0 aromatic carbocycles. The number of aliphatic carboxylic acids is 1. The smallest absolute Gasteiger partial charge is 0.333 e. The van der Waals surface area contributed by atoms with Crippen LogP contribution in [0.5, 0.6) is 0 Å². The minimum atomic E-state index is -0.895. The first-order chi connectivity index (χ1) is 8.47. The van der Waals surface area contributed by atoms with E-state index >= 15 is 0 Å². The van der Waals surface area contributed by atoms with Gasteiger partial charge in [0, 0.05) is 0 Å². The first kappa shape index (κ1) is 15.4. The van der Waals surface area contributed by atoms with Crippen molar-refractivity contribution in [1.82, 2.24) is 0 Å². The van der Waals surface area contributed by atoms with Crippen molar-refractivity contribution in [2.45, 2.75) is 46.1 Å². The molecule has 4 heteroatoms. The maximum absolute atomic E-state index is 11.4. The third kappa shape index (κ3) is 3.95. The molecule has 1 rings (SSSR count). The van der Waals surface area contributed by atoms with Crippen molar-refractivity contribution in [2.75, 3.05) is 13.2 Å². The van der Waals surface area contributed by atoms with E-state index in [9.17, 15) is 9.90 Å². The van der Waals surface area contributed by atoms with Crippen LogP contribution in [0.15, 0.2) is 0 Å². The zero-order chi connectivity index (χ0) is 13.7. The van der Waals surface area contributed by atoms with Gasteiger partial charge in [-0.15, -0.1) is 0 Å². The van der Waals surface area contributed by atoms with Crippen LogP contribution in [0.1, 0.15) is 40.0 Å². The fourth-order valence-corrected chi connectivity index (χ4v) is 3.18. The Morgan fingerprint density at radius 2 is 2.00 bits per heavy atom.